The maximum Gasteiger partial charge on any atom is 0.337 e. The van der Waals surface area contributed by atoms with Gasteiger partial charge in [0.1, 0.15) is 5.82 Å². The number of ether oxygens (including phenoxy) is 2. The van der Waals surface area contributed by atoms with Gasteiger partial charge in [0.25, 0.3) is 5.56 Å². The van der Waals surface area contributed by atoms with Crippen LogP contribution in [0.1, 0.15) is 37.8 Å². The van der Waals surface area contributed by atoms with Crippen LogP contribution in [0.15, 0.2) is 23.0 Å². The van der Waals surface area contributed by atoms with E-state index in [1.54, 1.807) is 13.8 Å². The Labute approximate surface area is 154 Å². The third-order valence-electron chi connectivity index (χ3n) is 3.74. The molecule has 0 aliphatic rings. The molecule has 1 aromatic carbocycles. The van der Waals surface area contributed by atoms with Crippen molar-refractivity contribution < 1.29 is 23.9 Å². The molecule has 0 bridgehead atoms. The average molecular weight is 373 g/mol. The van der Waals surface area contributed by atoms with Crippen molar-refractivity contribution in [1.82, 2.24) is 9.97 Å². The number of aryl methyl sites for hydroxylation is 2. The van der Waals surface area contributed by atoms with Gasteiger partial charge in [-0.25, -0.2) is 14.6 Å². The van der Waals surface area contributed by atoms with Crippen molar-refractivity contribution in [2.45, 2.75) is 20.3 Å². The number of benzene rings is 1. The van der Waals surface area contributed by atoms with Crippen molar-refractivity contribution in [3.8, 4) is 0 Å². The van der Waals surface area contributed by atoms with Gasteiger partial charge in [-0.1, -0.05) is 0 Å². The lowest BCUT2D eigenvalue weighted by Gasteiger charge is -2.10. The number of H-pyrrole nitrogens is 1. The first-order valence-electron chi connectivity index (χ1n) is 7.93. The van der Waals surface area contributed by atoms with E-state index in [1.165, 1.54) is 32.4 Å². The van der Waals surface area contributed by atoms with Crippen LogP contribution in [-0.4, -0.2) is 42.0 Å². The Balaban J connectivity index is 2.30. The molecule has 1 aromatic heterocycles. The predicted molar refractivity (Wildman–Crippen MR) is 95.8 cm³/mol. The van der Waals surface area contributed by atoms with Gasteiger partial charge >= 0.3 is 11.9 Å². The lowest BCUT2D eigenvalue weighted by atomic mass is 10.1. The molecule has 0 spiro atoms. The normalized spacial score (nSPS) is 10.2. The number of amides is 1. The Morgan fingerprint density at radius 3 is 2.07 bits per heavy atom. The zero-order chi connectivity index (χ0) is 20.1. The van der Waals surface area contributed by atoms with Crippen LogP contribution in [0.5, 0.6) is 0 Å². The summed E-state index contributed by atoms with van der Waals surface area (Å²) >= 11 is 0. The third-order valence-corrected chi connectivity index (χ3v) is 3.74. The van der Waals surface area contributed by atoms with Crippen LogP contribution >= 0.6 is 0 Å². The lowest BCUT2D eigenvalue weighted by molar-refractivity contribution is -0.115. The van der Waals surface area contributed by atoms with E-state index in [0.717, 1.165) is 0 Å². The molecule has 2 N–H and O–H groups in total. The summed E-state index contributed by atoms with van der Waals surface area (Å²) < 4.78 is 9.29. The Morgan fingerprint density at radius 2 is 1.59 bits per heavy atom. The topological polar surface area (TPSA) is 127 Å². The number of aromatic amines is 1. The van der Waals surface area contributed by atoms with Gasteiger partial charge in [-0.05, 0) is 32.0 Å². The maximum atomic E-state index is 12.3. The number of rotatable bonds is 5. The van der Waals surface area contributed by atoms with Gasteiger partial charge in [0.15, 0.2) is 0 Å². The predicted octanol–water partition coefficient (Wildman–Crippen LogP) is 1.14. The van der Waals surface area contributed by atoms with Gasteiger partial charge in [-0.2, -0.15) is 0 Å². The van der Waals surface area contributed by atoms with Crippen LogP contribution in [0.3, 0.4) is 0 Å². The fraction of sp³-hybridized carbons (Fsp3) is 0.278. The first-order valence-corrected chi connectivity index (χ1v) is 7.93. The van der Waals surface area contributed by atoms with E-state index >= 15 is 0 Å². The highest BCUT2D eigenvalue weighted by Gasteiger charge is 2.16. The molecule has 9 heteroatoms. The van der Waals surface area contributed by atoms with Crippen LogP contribution in [0.25, 0.3) is 0 Å². The first-order chi connectivity index (χ1) is 12.7. The van der Waals surface area contributed by atoms with E-state index in [4.69, 9.17) is 0 Å². The molecule has 142 valence electrons. The number of methoxy groups -OCH3 is 2. The maximum absolute atomic E-state index is 12.3. The smallest absolute Gasteiger partial charge is 0.337 e. The molecule has 0 aliphatic heterocycles. The van der Waals surface area contributed by atoms with Crippen molar-refractivity contribution in [3.63, 3.8) is 0 Å². The minimum Gasteiger partial charge on any atom is -0.465 e. The second kappa shape index (κ2) is 8.26. The van der Waals surface area contributed by atoms with Crippen LogP contribution in [-0.2, 0) is 20.7 Å². The number of hydrogen-bond acceptors (Lipinski definition) is 7. The molecule has 1 amide bonds. The molecule has 1 heterocycles. The first kappa shape index (κ1) is 19.8. The number of carbonyl (C=O) groups is 3. The Kier molecular flexibility index (Phi) is 6.07. The van der Waals surface area contributed by atoms with Gasteiger partial charge in [0, 0.05) is 16.9 Å². The van der Waals surface area contributed by atoms with Crippen molar-refractivity contribution >= 4 is 23.5 Å². The van der Waals surface area contributed by atoms with Gasteiger partial charge in [0.2, 0.25) is 5.91 Å². The van der Waals surface area contributed by atoms with Crippen molar-refractivity contribution in [2.75, 3.05) is 19.5 Å². The molecule has 0 fully saturated rings. The quantitative estimate of drug-likeness (QED) is 0.752. The number of carbonyl (C=O) groups excluding carboxylic acids is 3. The Bertz CT molecular complexity index is 930. The number of hydrogen-bond donors (Lipinski definition) is 2. The molecule has 9 nitrogen and oxygen atoms in total. The van der Waals surface area contributed by atoms with Crippen LogP contribution < -0.4 is 10.9 Å². The third kappa shape index (κ3) is 4.78. The second-order valence-electron chi connectivity index (χ2n) is 5.72. The summed E-state index contributed by atoms with van der Waals surface area (Å²) in [6.45, 7) is 3.28. The van der Waals surface area contributed by atoms with Crippen molar-refractivity contribution in [1.29, 1.82) is 0 Å². The van der Waals surface area contributed by atoms with E-state index in [-0.39, 0.29) is 28.8 Å². The van der Waals surface area contributed by atoms with E-state index in [1.807, 2.05) is 0 Å². The molecule has 0 aliphatic carbocycles. The number of aromatic nitrogens is 2. The van der Waals surface area contributed by atoms with E-state index in [9.17, 15) is 19.2 Å². The molecule has 0 saturated carbocycles. The summed E-state index contributed by atoms with van der Waals surface area (Å²) in [4.78, 5) is 54.6. The fourth-order valence-electron chi connectivity index (χ4n) is 2.50. The Hall–Kier alpha value is -3.49. The summed E-state index contributed by atoms with van der Waals surface area (Å²) in [5.41, 5.74) is 0.620. The highest BCUT2D eigenvalue weighted by Crippen LogP contribution is 2.17. The van der Waals surface area contributed by atoms with Crippen molar-refractivity contribution in [3.05, 3.63) is 56.8 Å². The Morgan fingerprint density at radius 1 is 1.04 bits per heavy atom. The number of nitrogens with one attached hydrogen (secondary N) is 2. The monoisotopic (exact) mass is 373 g/mol. The molecular formula is C18H19N3O6. The highest BCUT2D eigenvalue weighted by atomic mass is 16.5. The van der Waals surface area contributed by atoms with Crippen LogP contribution in [0, 0.1) is 13.8 Å². The molecule has 0 saturated heterocycles. The summed E-state index contributed by atoms with van der Waals surface area (Å²) in [6, 6.07) is 4.02. The molecular weight excluding hydrogens is 354 g/mol. The fourth-order valence-corrected chi connectivity index (χ4v) is 2.50. The van der Waals surface area contributed by atoms with E-state index in [0.29, 0.717) is 11.5 Å². The standard InChI is InChI=1S/C18H19N3O6/c1-9-14(16(23)20-10(2)19-9)8-15(22)21-13-6-11(17(24)26-3)5-12(7-13)18(25)27-4/h5-7H,8H2,1-4H3,(H,21,22)(H,19,20,23). The lowest BCUT2D eigenvalue weighted by Crippen LogP contribution is -2.24. The average Bonchev–Trinajstić information content (AvgIpc) is 2.62. The van der Waals surface area contributed by atoms with Gasteiger partial charge in [-0.3, -0.25) is 9.59 Å². The van der Waals surface area contributed by atoms with Crippen LogP contribution in [0.4, 0.5) is 5.69 Å². The summed E-state index contributed by atoms with van der Waals surface area (Å²) in [5, 5.41) is 2.56. The molecule has 2 aromatic rings. The van der Waals surface area contributed by atoms with Crippen LogP contribution in [0.2, 0.25) is 0 Å². The minimum absolute atomic E-state index is 0.0710. The molecule has 27 heavy (non-hydrogen) atoms. The zero-order valence-corrected chi connectivity index (χ0v) is 15.3. The number of anilines is 1. The molecule has 2 rings (SSSR count). The van der Waals surface area contributed by atoms with Gasteiger partial charge in [-0.15, -0.1) is 0 Å². The summed E-state index contributed by atoms with van der Waals surface area (Å²) in [6.07, 6.45) is -0.218. The molecule has 0 unspecified atom stereocenters. The van der Waals surface area contributed by atoms with Gasteiger partial charge < -0.3 is 19.8 Å². The van der Waals surface area contributed by atoms with Crippen molar-refractivity contribution in [2.24, 2.45) is 0 Å². The van der Waals surface area contributed by atoms with E-state index in [2.05, 4.69) is 24.8 Å². The SMILES string of the molecule is COC(=O)c1cc(NC(=O)Cc2c(C)nc(C)[nH]c2=O)cc(C(=O)OC)c1. The summed E-state index contributed by atoms with van der Waals surface area (Å²) in [5.74, 6) is -1.40. The number of esters is 2. The largest absolute Gasteiger partial charge is 0.465 e. The van der Waals surface area contributed by atoms with Gasteiger partial charge in [0.05, 0.1) is 31.8 Å². The minimum atomic E-state index is -0.675. The highest BCUT2D eigenvalue weighted by molar-refractivity contribution is 5.99. The molecule has 0 atom stereocenters. The number of nitrogens with zero attached hydrogens (tertiary/aromatic N) is 1. The second-order valence-corrected chi connectivity index (χ2v) is 5.72. The molecule has 0 radical (unpaired) electrons. The zero-order valence-electron chi connectivity index (χ0n) is 15.3. The summed E-state index contributed by atoms with van der Waals surface area (Å²) in [7, 11) is 2.40. The van der Waals surface area contributed by atoms with E-state index < -0.39 is 23.4 Å².